The van der Waals surface area contributed by atoms with Gasteiger partial charge in [0.1, 0.15) is 12.0 Å². The van der Waals surface area contributed by atoms with Gasteiger partial charge < -0.3 is 4.42 Å². The molecule has 0 radical (unpaired) electrons. The number of carbonyl (C=O) groups excluding carboxylic acids is 1. The standard InChI is InChI=1S/C10H13NO2S/c1-7(12)9-6-13-10(11-9)8-2-4-14-5-3-8/h6,8H,2-5H2,1H3. The van der Waals surface area contributed by atoms with E-state index in [4.69, 9.17) is 4.42 Å². The predicted molar refractivity (Wildman–Crippen MR) is 55.8 cm³/mol. The molecule has 76 valence electrons. The monoisotopic (exact) mass is 211 g/mol. The minimum Gasteiger partial charge on any atom is -0.448 e. The molecule has 1 saturated heterocycles. The van der Waals surface area contributed by atoms with Gasteiger partial charge in [0.25, 0.3) is 0 Å². The number of oxazole rings is 1. The number of rotatable bonds is 2. The van der Waals surface area contributed by atoms with E-state index in [9.17, 15) is 4.79 Å². The third kappa shape index (κ3) is 2.00. The van der Waals surface area contributed by atoms with Crippen molar-refractivity contribution in [3.05, 3.63) is 17.8 Å². The van der Waals surface area contributed by atoms with Gasteiger partial charge in [0.15, 0.2) is 11.7 Å². The molecule has 1 aliphatic heterocycles. The quantitative estimate of drug-likeness (QED) is 0.705. The van der Waals surface area contributed by atoms with Gasteiger partial charge in [-0.15, -0.1) is 0 Å². The molecule has 2 rings (SSSR count). The molecule has 2 heterocycles. The number of aromatic nitrogens is 1. The second-order valence-electron chi connectivity index (χ2n) is 3.51. The molecular formula is C10H13NO2S. The molecule has 3 nitrogen and oxygen atoms in total. The van der Waals surface area contributed by atoms with E-state index in [1.165, 1.54) is 24.7 Å². The lowest BCUT2D eigenvalue weighted by Gasteiger charge is -2.17. The molecule has 0 saturated carbocycles. The number of Topliss-reactive ketones (excluding diaryl/α,β-unsaturated/α-hetero) is 1. The first-order valence-electron chi connectivity index (χ1n) is 4.81. The highest BCUT2D eigenvalue weighted by Gasteiger charge is 2.21. The van der Waals surface area contributed by atoms with Crippen LogP contribution in [0.15, 0.2) is 10.7 Å². The molecular weight excluding hydrogens is 198 g/mol. The second-order valence-corrected chi connectivity index (χ2v) is 4.74. The van der Waals surface area contributed by atoms with E-state index in [1.807, 2.05) is 11.8 Å². The van der Waals surface area contributed by atoms with Crippen LogP contribution >= 0.6 is 11.8 Å². The Morgan fingerprint density at radius 2 is 2.29 bits per heavy atom. The number of nitrogens with zero attached hydrogens (tertiary/aromatic N) is 1. The highest BCUT2D eigenvalue weighted by atomic mass is 32.2. The van der Waals surface area contributed by atoms with Crippen molar-refractivity contribution < 1.29 is 9.21 Å². The van der Waals surface area contributed by atoms with Crippen LogP contribution in [-0.2, 0) is 0 Å². The van der Waals surface area contributed by atoms with Gasteiger partial charge in [-0.2, -0.15) is 11.8 Å². The zero-order valence-corrected chi connectivity index (χ0v) is 8.97. The summed E-state index contributed by atoms with van der Waals surface area (Å²) in [6.07, 6.45) is 3.70. The maximum Gasteiger partial charge on any atom is 0.197 e. The highest BCUT2D eigenvalue weighted by Crippen LogP contribution is 2.30. The smallest absolute Gasteiger partial charge is 0.197 e. The van der Waals surface area contributed by atoms with E-state index >= 15 is 0 Å². The first kappa shape index (κ1) is 9.77. The van der Waals surface area contributed by atoms with E-state index in [0.29, 0.717) is 11.6 Å². The molecule has 1 aromatic rings. The molecule has 0 aliphatic carbocycles. The molecule has 0 aromatic carbocycles. The van der Waals surface area contributed by atoms with Crippen molar-refractivity contribution in [1.29, 1.82) is 0 Å². The molecule has 1 aromatic heterocycles. The van der Waals surface area contributed by atoms with Crippen molar-refractivity contribution in [1.82, 2.24) is 4.98 Å². The third-order valence-electron chi connectivity index (χ3n) is 2.45. The largest absolute Gasteiger partial charge is 0.448 e. The van der Waals surface area contributed by atoms with Gasteiger partial charge in [-0.3, -0.25) is 4.79 Å². The number of ketones is 1. The van der Waals surface area contributed by atoms with Crippen LogP contribution in [-0.4, -0.2) is 22.3 Å². The van der Waals surface area contributed by atoms with Crippen LogP contribution in [0.1, 0.15) is 42.1 Å². The van der Waals surface area contributed by atoms with Crippen LogP contribution in [0.4, 0.5) is 0 Å². The van der Waals surface area contributed by atoms with Gasteiger partial charge in [0, 0.05) is 12.8 Å². The molecule has 0 unspecified atom stereocenters. The minimum absolute atomic E-state index is 0.0230. The molecule has 0 amide bonds. The third-order valence-corrected chi connectivity index (χ3v) is 3.50. The van der Waals surface area contributed by atoms with Gasteiger partial charge in [-0.05, 0) is 24.3 Å². The number of thioether (sulfide) groups is 1. The molecule has 4 heteroatoms. The molecule has 1 aliphatic rings. The summed E-state index contributed by atoms with van der Waals surface area (Å²) in [6, 6.07) is 0. The van der Waals surface area contributed by atoms with Crippen LogP contribution in [0.3, 0.4) is 0 Å². The molecule has 0 spiro atoms. The van der Waals surface area contributed by atoms with Gasteiger partial charge >= 0.3 is 0 Å². The van der Waals surface area contributed by atoms with E-state index in [1.54, 1.807) is 0 Å². The SMILES string of the molecule is CC(=O)c1coc(C2CCSCC2)n1. The fraction of sp³-hybridized carbons (Fsp3) is 0.600. The van der Waals surface area contributed by atoms with Crippen LogP contribution in [0, 0.1) is 0 Å². The predicted octanol–water partition coefficient (Wildman–Crippen LogP) is 2.49. The van der Waals surface area contributed by atoms with Crippen molar-refractivity contribution in [2.24, 2.45) is 0 Å². The Morgan fingerprint density at radius 3 is 2.86 bits per heavy atom. The van der Waals surface area contributed by atoms with E-state index < -0.39 is 0 Å². The first-order chi connectivity index (χ1) is 6.77. The normalized spacial score (nSPS) is 18.4. The van der Waals surface area contributed by atoms with E-state index in [2.05, 4.69) is 4.98 Å². The zero-order chi connectivity index (χ0) is 9.97. The van der Waals surface area contributed by atoms with Crippen molar-refractivity contribution in [3.63, 3.8) is 0 Å². The summed E-state index contributed by atoms with van der Waals surface area (Å²) in [6.45, 7) is 1.51. The van der Waals surface area contributed by atoms with Crippen LogP contribution in [0.25, 0.3) is 0 Å². The molecule has 14 heavy (non-hydrogen) atoms. The molecule has 0 N–H and O–H groups in total. The summed E-state index contributed by atoms with van der Waals surface area (Å²) in [4.78, 5) is 15.2. The summed E-state index contributed by atoms with van der Waals surface area (Å²) < 4.78 is 5.32. The average molecular weight is 211 g/mol. The maximum atomic E-state index is 11.0. The van der Waals surface area contributed by atoms with Gasteiger partial charge in [0.05, 0.1) is 0 Å². The van der Waals surface area contributed by atoms with Gasteiger partial charge in [0.2, 0.25) is 0 Å². The van der Waals surface area contributed by atoms with Crippen molar-refractivity contribution in [2.75, 3.05) is 11.5 Å². The number of carbonyl (C=O) groups is 1. The molecule has 0 bridgehead atoms. The average Bonchev–Trinajstić information content (AvgIpc) is 2.68. The lowest BCUT2D eigenvalue weighted by Crippen LogP contribution is -2.08. The summed E-state index contributed by atoms with van der Waals surface area (Å²) in [5.74, 6) is 3.48. The fourth-order valence-corrected chi connectivity index (χ4v) is 2.69. The van der Waals surface area contributed by atoms with Crippen LogP contribution in [0.5, 0.6) is 0 Å². The Hall–Kier alpha value is -0.770. The fourth-order valence-electron chi connectivity index (χ4n) is 1.58. The van der Waals surface area contributed by atoms with Gasteiger partial charge in [-0.1, -0.05) is 0 Å². The summed E-state index contributed by atoms with van der Waals surface area (Å²) in [7, 11) is 0. The van der Waals surface area contributed by atoms with Crippen molar-refractivity contribution in [2.45, 2.75) is 25.7 Å². The van der Waals surface area contributed by atoms with E-state index in [-0.39, 0.29) is 5.78 Å². The number of hydrogen-bond donors (Lipinski definition) is 0. The topological polar surface area (TPSA) is 43.1 Å². The Kier molecular flexibility index (Phi) is 2.91. The Bertz CT molecular complexity index is 329. The first-order valence-corrected chi connectivity index (χ1v) is 5.97. The Labute approximate surface area is 87.3 Å². The molecule has 0 atom stereocenters. The minimum atomic E-state index is -0.0230. The van der Waals surface area contributed by atoms with Crippen LogP contribution < -0.4 is 0 Å². The Morgan fingerprint density at radius 1 is 1.57 bits per heavy atom. The highest BCUT2D eigenvalue weighted by molar-refractivity contribution is 7.99. The zero-order valence-electron chi connectivity index (χ0n) is 8.16. The van der Waals surface area contributed by atoms with Crippen LogP contribution in [0.2, 0.25) is 0 Å². The number of hydrogen-bond acceptors (Lipinski definition) is 4. The summed E-state index contributed by atoms with van der Waals surface area (Å²) in [5.41, 5.74) is 0.457. The summed E-state index contributed by atoms with van der Waals surface area (Å²) >= 11 is 1.97. The van der Waals surface area contributed by atoms with Gasteiger partial charge in [-0.25, -0.2) is 4.98 Å². The second kappa shape index (κ2) is 4.17. The van der Waals surface area contributed by atoms with E-state index in [0.717, 1.165) is 18.7 Å². The van der Waals surface area contributed by atoms with Crippen molar-refractivity contribution >= 4 is 17.5 Å². The lowest BCUT2D eigenvalue weighted by molar-refractivity contribution is 0.101. The lowest BCUT2D eigenvalue weighted by atomic mass is 10.0. The Balaban J connectivity index is 2.11. The molecule has 1 fully saturated rings. The maximum absolute atomic E-state index is 11.0. The van der Waals surface area contributed by atoms with Crippen molar-refractivity contribution in [3.8, 4) is 0 Å². The summed E-state index contributed by atoms with van der Waals surface area (Å²) in [5, 5.41) is 0.